The highest BCUT2D eigenvalue weighted by Gasteiger charge is 2.17. The molecule has 7 nitrogen and oxygen atoms in total. The second-order valence-electron chi connectivity index (χ2n) is 6.03. The van der Waals surface area contributed by atoms with E-state index in [1.165, 1.54) is 12.1 Å². The van der Waals surface area contributed by atoms with Crippen molar-refractivity contribution in [2.75, 3.05) is 22.8 Å². The molecule has 8 heteroatoms. The number of para-hydroxylation sites is 2. The Labute approximate surface area is 159 Å². The Balaban J connectivity index is 2.23. The van der Waals surface area contributed by atoms with Gasteiger partial charge in [0.25, 0.3) is 11.8 Å². The second-order valence-corrected chi connectivity index (χ2v) is 7.78. The number of amides is 2. The second kappa shape index (κ2) is 9.18. The third kappa shape index (κ3) is 6.10. The number of hydrogen-bond donors (Lipinski definition) is 3. The zero-order valence-corrected chi connectivity index (χ0v) is 16.1. The van der Waals surface area contributed by atoms with Gasteiger partial charge >= 0.3 is 0 Å². The van der Waals surface area contributed by atoms with Crippen molar-refractivity contribution in [3.8, 4) is 0 Å². The number of hydrogen-bond acceptors (Lipinski definition) is 4. The third-order valence-electron chi connectivity index (χ3n) is 3.70. The van der Waals surface area contributed by atoms with E-state index in [-0.39, 0.29) is 17.2 Å². The molecule has 0 saturated heterocycles. The lowest BCUT2D eigenvalue weighted by molar-refractivity contribution is 0.0954. The maximum Gasteiger partial charge on any atom is 0.257 e. The summed E-state index contributed by atoms with van der Waals surface area (Å²) < 4.78 is 25.3. The number of unbranched alkanes of at least 4 members (excludes halogenated alkanes) is 1. The summed E-state index contributed by atoms with van der Waals surface area (Å²) in [6, 6.07) is 12.9. The van der Waals surface area contributed by atoms with Crippen LogP contribution < -0.4 is 15.4 Å². The summed E-state index contributed by atoms with van der Waals surface area (Å²) in [7, 11) is -3.53. The lowest BCUT2D eigenvalue weighted by Gasteiger charge is -2.13. The number of carbonyl (C=O) groups excluding carboxylic acids is 2. The lowest BCUT2D eigenvalue weighted by Crippen LogP contribution is -2.26. The van der Waals surface area contributed by atoms with Crippen LogP contribution in [0, 0.1) is 0 Å². The fourth-order valence-electron chi connectivity index (χ4n) is 2.42. The average Bonchev–Trinajstić information content (AvgIpc) is 2.61. The van der Waals surface area contributed by atoms with E-state index in [9.17, 15) is 18.0 Å². The minimum Gasteiger partial charge on any atom is -0.352 e. The lowest BCUT2D eigenvalue weighted by atomic mass is 10.1. The van der Waals surface area contributed by atoms with Crippen molar-refractivity contribution in [3.05, 3.63) is 59.7 Å². The number of anilines is 2. The monoisotopic (exact) mass is 389 g/mol. The van der Waals surface area contributed by atoms with Gasteiger partial charge in [0.05, 0.1) is 28.8 Å². The summed E-state index contributed by atoms with van der Waals surface area (Å²) in [6.07, 6.45) is 2.84. The Hall–Kier alpha value is -2.87. The van der Waals surface area contributed by atoms with Gasteiger partial charge in [-0.25, -0.2) is 8.42 Å². The van der Waals surface area contributed by atoms with E-state index >= 15 is 0 Å². The molecule has 27 heavy (non-hydrogen) atoms. The van der Waals surface area contributed by atoms with Crippen LogP contribution in [0.5, 0.6) is 0 Å². The first kappa shape index (κ1) is 20.4. The van der Waals surface area contributed by atoms with Crippen LogP contribution in [0.3, 0.4) is 0 Å². The molecule has 0 atom stereocenters. The van der Waals surface area contributed by atoms with Crippen molar-refractivity contribution in [3.63, 3.8) is 0 Å². The Kier molecular flexibility index (Phi) is 6.95. The van der Waals surface area contributed by atoms with E-state index in [0.29, 0.717) is 17.8 Å². The fraction of sp³-hybridized carbons (Fsp3) is 0.263. The summed E-state index contributed by atoms with van der Waals surface area (Å²) in [6.45, 7) is 2.58. The molecule has 0 radical (unpaired) electrons. The molecule has 2 aromatic carbocycles. The summed E-state index contributed by atoms with van der Waals surface area (Å²) in [5, 5.41) is 5.50. The van der Waals surface area contributed by atoms with Crippen LogP contribution in [0.25, 0.3) is 0 Å². The summed E-state index contributed by atoms with van der Waals surface area (Å²) in [5.41, 5.74) is 1.02. The molecule has 0 aromatic heterocycles. The molecule has 0 saturated carbocycles. The van der Waals surface area contributed by atoms with E-state index in [1.54, 1.807) is 36.4 Å². The predicted octanol–water partition coefficient (Wildman–Crippen LogP) is 2.84. The molecule has 2 amide bonds. The van der Waals surface area contributed by atoms with Crippen LogP contribution in [0.15, 0.2) is 48.5 Å². The quantitative estimate of drug-likeness (QED) is 0.604. The van der Waals surface area contributed by atoms with Crippen molar-refractivity contribution < 1.29 is 18.0 Å². The number of carbonyl (C=O) groups is 2. The average molecular weight is 389 g/mol. The molecule has 2 rings (SSSR count). The molecule has 0 unspecified atom stereocenters. The van der Waals surface area contributed by atoms with Gasteiger partial charge in [-0.2, -0.15) is 0 Å². The zero-order chi connectivity index (χ0) is 19.9. The highest BCUT2D eigenvalue weighted by atomic mass is 32.2. The Bertz CT molecular complexity index is 926. The molecule has 0 fully saturated rings. The molecule has 0 spiro atoms. The minimum absolute atomic E-state index is 0.157. The van der Waals surface area contributed by atoms with Crippen molar-refractivity contribution in [2.24, 2.45) is 0 Å². The maximum atomic E-state index is 12.7. The van der Waals surface area contributed by atoms with Crippen LogP contribution in [-0.2, 0) is 10.0 Å². The summed E-state index contributed by atoms with van der Waals surface area (Å²) in [5.74, 6) is -0.794. The summed E-state index contributed by atoms with van der Waals surface area (Å²) in [4.78, 5) is 25.0. The first-order valence-electron chi connectivity index (χ1n) is 8.57. The van der Waals surface area contributed by atoms with Gasteiger partial charge in [-0.15, -0.1) is 0 Å². The zero-order valence-electron chi connectivity index (χ0n) is 15.3. The number of rotatable bonds is 8. The van der Waals surface area contributed by atoms with Crippen LogP contribution in [0.4, 0.5) is 11.4 Å². The molecule has 0 bridgehead atoms. The van der Waals surface area contributed by atoms with Crippen LogP contribution in [0.2, 0.25) is 0 Å². The van der Waals surface area contributed by atoms with E-state index in [4.69, 9.17) is 0 Å². The van der Waals surface area contributed by atoms with Gasteiger partial charge in [-0.05, 0) is 30.7 Å². The topological polar surface area (TPSA) is 104 Å². The minimum atomic E-state index is -3.53. The van der Waals surface area contributed by atoms with Gasteiger partial charge < -0.3 is 10.6 Å². The van der Waals surface area contributed by atoms with Crippen LogP contribution in [-0.4, -0.2) is 33.0 Å². The van der Waals surface area contributed by atoms with Crippen molar-refractivity contribution in [1.29, 1.82) is 0 Å². The smallest absolute Gasteiger partial charge is 0.257 e. The van der Waals surface area contributed by atoms with Gasteiger partial charge in [0.15, 0.2) is 0 Å². The SMILES string of the molecule is CCCCNC(=O)c1ccccc1NC(=O)c1ccccc1NS(C)(=O)=O. The van der Waals surface area contributed by atoms with E-state index in [1.807, 2.05) is 6.92 Å². The first-order valence-corrected chi connectivity index (χ1v) is 10.5. The molecule has 0 heterocycles. The Morgan fingerprint density at radius 2 is 1.44 bits per heavy atom. The number of nitrogens with one attached hydrogen (secondary N) is 3. The Morgan fingerprint density at radius 3 is 2.04 bits per heavy atom. The molecule has 0 aliphatic heterocycles. The Morgan fingerprint density at radius 1 is 0.889 bits per heavy atom. The maximum absolute atomic E-state index is 12.7. The fourth-order valence-corrected chi connectivity index (χ4v) is 3.00. The standard InChI is InChI=1S/C19H23N3O4S/c1-3-4-13-20-18(23)14-9-5-7-11-16(14)21-19(24)15-10-6-8-12-17(15)22-27(2,25)26/h5-12,22H,3-4,13H2,1-2H3,(H,20,23)(H,21,24). The number of sulfonamides is 1. The van der Waals surface area contributed by atoms with Gasteiger partial charge in [-0.1, -0.05) is 37.6 Å². The number of benzene rings is 2. The molecule has 0 aliphatic carbocycles. The first-order chi connectivity index (χ1) is 12.8. The van der Waals surface area contributed by atoms with Crippen molar-refractivity contribution in [2.45, 2.75) is 19.8 Å². The molecular weight excluding hydrogens is 366 g/mol. The molecule has 144 valence electrons. The van der Waals surface area contributed by atoms with Crippen LogP contribution in [0.1, 0.15) is 40.5 Å². The van der Waals surface area contributed by atoms with Gasteiger partial charge in [0.1, 0.15) is 0 Å². The van der Waals surface area contributed by atoms with Crippen molar-refractivity contribution in [1.82, 2.24) is 5.32 Å². The van der Waals surface area contributed by atoms with E-state index < -0.39 is 15.9 Å². The largest absolute Gasteiger partial charge is 0.352 e. The third-order valence-corrected chi connectivity index (χ3v) is 4.29. The summed E-state index contributed by atoms with van der Waals surface area (Å²) >= 11 is 0. The predicted molar refractivity (Wildman–Crippen MR) is 107 cm³/mol. The van der Waals surface area contributed by atoms with Gasteiger partial charge in [0.2, 0.25) is 10.0 Å². The highest BCUT2D eigenvalue weighted by molar-refractivity contribution is 7.92. The van der Waals surface area contributed by atoms with Crippen molar-refractivity contribution >= 4 is 33.2 Å². The molecule has 3 N–H and O–H groups in total. The highest BCUT2D eigenvalue weighted by Crippen LogP contribution is 2.20. The van der Waals surface area contributed by atoms with E-state index in [2.05, 4.69) is 15.4 Å². The van der Waals surface area contributed by atoms with Crippen LogP contribution >= 0.6 is 0 Å². The van der Waals surface area contributed by atoms with Gasteiger partial charge in [-0.3, -0.25) is 14.3 Å². The molecule has 2 aromatic rings. The normalized spacial score (nSPS) is 10.9. The molecule has 0 aliphatic rings. The van der Waals surface area contributed by atoms with E-state index in [0.717, 1.165) is 19.1 Å². The van der Waals surface area contributed by atoms with Gasteiger partial charge in [0, 0.05) is 6.54 Å². The molecular formula is C19H23N3O4S.